The average Bonchev–Trinajstić information content (AvgIpc) is 3.05. The summed E-state index contributed by atoms with van der Waals surface area (Å²) in [6.45, 7) is 0. The van der Waals surface area contributed by atoms with Gasteiger partial charge in [0.25, 0.3) is 0 Å². The van der Waals surface area contributed by atoms with E-state index in [0.717, 1.165) is 16.1 Å². The van der Waals surface area contributed by atoms with Crippen molar-refractivity contribution in [3.8, 4) is 0 Å². The second-order valence-electron chi connectivity index (χ2n) is 3.68. The molecular weight excluding hydrogens is 244 g/mol. The fourth-order valence-corrected chi connectivity index (χ4v) is 2.12. The number of benzene rings is 1. The van der Waals surface area contributed by atoms with Gasteiger partial charge in [-0.05, 0) is 23.1 Å². The van der Waals surface area contributed by atoms with Gasteiger partial charge in [-0.25, -0.2) is 4.98 Å². The van der Waals surface area contributed by atoms with Gasteiger partial charge in [0.05, 0.1) is 12.4 Å². The van der Waals surface area contributed by atoms with Crippen LogP contribution in [0.25, 0.3) is 10.9 Å². The van der Waals surface area contributed by atoms with Crippen LogP contribution in [-0.2, 0) is 0 Å². The van der Waals surface area contributed by atoms with Gasteiger partial charge in [0.2, 0.25) is 0 Å². The van der Waals surface area contributed by atoms with Gasteiger partial charge in [-0.3, -0.25) is 0 Å². The Morgan fingerprint density at radius 3 is 3.00 bits per heavy atom. The minimum atomic E-state index is 0.854. The van der Waals surface area contributed by atoms with Crippen molar-refractivity contribution in [3.05, 3.63) is 52.6 Å². The van der Waals surface area contributed by atoms with Crippen molar-refractivity contribution >= 4 is 34.7 Å². The van der Waals surface area contributed by atoms with E-state index in [-0.39, 0.29) is 0 Å². The number of fused-ring (bicyclic) bond motifs is 1. The molecule has 0 unspecified atom stereocenters. The number of thiazole rings is 1. The van der Waals surface area contributed by atoms with Crippen LogP contribution in [0.3, 0.4) is 0 Å². The lowest BCUT2D eigenvalue weighted by molar-refractivity contribution is 1.26. The molecule has 0 saturated carbocycles. The lowest BCUT2D eigenvalue weighted by Gasteiger charge is -1.92. The third-order valence-electron chi connectivity index (χ3n) is 2.47. The second-order valence-corrected chi connectivity index (χ2v) is 4.61. The highest BCUT2D eigenvalue weighted by atomic mass is 32.1. The molecule has 0 spiro atoms. The summed E-state index contributed by atoms with van der Waals surface area (Å²) in [6, 6.07) is 8.14. The van der Waals surface area contributed by atoms with Crippen molar-refractivity contribution < 1.29 is 0 Å². The van der Waals surface area contributed by atoms with Crippen LogP contribution in [0.4, 0.5) is 0 Å². The van der Waals surface area contributed by atoms with Crippen molar-refractivity contribution in [3.63, 3.8) is 0 Å². The molecule has 0 radical (unpaired) electrons. The molecule has 0 aliphatic heterocycles. The molecule has 2 aromatic heterocycles. The molecule has 1 aromatic carbocycles. The molecule has 0 atom stereocenters. The Labute approximate surface area is 108 Å². The molecule has 0 fully saturated rings. The third kappa shape index (κ3) is 2.36. The third-order valence-corrected chi connectivity index (χ3v) is 3.18. The summed E-state index contributed by atoms with van der Waals surface area (Å²) in [7, 11) is 0. The maximum absolute atomic E-state index is 4.09. The van der Waals surface area contributed by atoms with Gasteiger partial charge in [0, 0.05) is 23.3 Å². The van der Waals surface area contributed by atoms with Crippen molar-refractivity contribution in [1.29, 1.82) is 0 Å². The van der Waals surface area contributed by atoms with Crippen molar-refractivity contribution in [2.24, 2.45) is 10.2 Å². The highest BCUT2D eigenvalue weighted by Gasteiger charge is 1.94. The number of hydrogen-bond acceptors (Lipinski definition) is 4. The SMILES string of the molecule is C(=N\N=C\c1nccs1)/c1ccc2cc[nH]c2c1. The molecular formula is C13H10N4S. The van der Waals surface area contributed by atoms with Crippen LogP contribution in [-0.4, -0.2) is 22.4 Å². The van der Waals surface area contributed by atoms with Gasteiger partial charge in [-0.2, -0.15) is 10.2 Å². The van der Waals surface area contributed by atoms with E-state index in [0.29, 0.717) is 0 Å². The fourth-order valence-electron chi connectivity index (χ4n) is 1.63. The number of nitrogens with one attached hydrogen (secondary N) is 1. The predicted octanol–water partition coefficient (Wildman–Crippen LogP) is 3.08. The monoisotopic (exact) mass is 254 g/mol. The van der Waals surface area contributed by atoms with Gasteiger partial charge >= 0.3 is 0 Å². The first-order chi connectivity index (χ1) is 8.92. The number of nitrogens with zero attached hydrogens (tertiary/aromatic N) is 3. The van der Waals surface area contributed by atoms with E-state index in [1.165, 1.54) is 16.7 Å². The Hall–Kier alpha value is -2.27. The second kappa shape index (κ2) is 4.93. The Balaban J connectivity index is 1.75. The van der Waals surface area contributed by atoms with Gasteiger partial charge in [-0.15, -0.1) is 11.3 Å². The lowest BCUT2D eigenvalue weighted by Crippen LogP contribution is -1.80. The average molecular weight is 254 g/mol. The molecule has 0 aliphatic carbocycles. The van der Waals surface area contributed by atoms with Crippen molar-refractivity contribution in [1.82, 2.24) is 9.97 Å². The van der Waals surface area contributed by atoms with Gasteiger partial charge in [0.15, 0.2) is 0 Å². The van der Waals surface area contributed by atoms with E-state index < -0.39 is 0 Å². The summed E-state index contributed by atoms with van der Waals surface area (Å²) < 4.78 is 0. The maximum atomic E-state index is 4.09. The molecule has 0 saturated heterocycles. The van der Waals surface area contributed by atoms with Gasteiger partial charge in [-0.1, -0.05) is 12.1 Å². The topological polar surface area (TPSA) is 53.4 Å². The van der Waals surface area contributed by atoms with E-state index in [1.54, 1.807) is 18.6 Å². The number of hydrogen-bond donors (Lipinski definition) is 1. The minimum absolute atomic E-state index is 0.854. The zero-order valence-electron chi connectivity index (χ0n) is 9.45. The van der Waals surface area contributed by atoms with Crippen LogP contribution >= 0.6 is 11.3 Å². The Bertz CT molecular complexity index is 695. The number of H-pyrrole nitrogens is 1. The summed E-state index contributed by atoms with van der Waals surface area (Å²) in [5.74, 6) is 0. The van der Waals surface area contributed by atoms with Crippen molar-refractivity contribution in [2.75, 3.05) is 0 Å². The number of rotatable bonds is 3. The minimum Gasteiger partial charge on any atom is -0.361 e. The highest BCUT2D eigenvalue weighted by Crippen LogP contribution is 2.12. The number of aromatic nitrogens is 2. The van der Waals surface area contributed by atoms with E-state index in [1.807, 2.05) is 29.8 Å². The molecule has 4 nitrogen and oxygen atoms in total. The van der Waals surface area contributed by atoms with Gasteiger partial charge in [0.1, 0.15) is 5.01 Å². The Morgan fingerprint density at radius 2 is 2.11 bits per heavy atom. The molecule has 0 aliphatic rings. The largest absolute Gasteiger partial charge is 0.361 e. The van der Waals surface area contributed by atoms with Gasteiger partial charge < -0.3 is 4.98 Å². The van der Waals surface area contributed by atoms with E-state index in [2.05, 4.69) is 26.2 Å². The summed E-state index contributed by atoms with van der Waals surface area (Å²) in [5, 5.41) is 11.9. The standard InChI is InChI=1S/C13H10N4S/c1-2-11-3-4-14-12(11)7-10(1)8-16-17-9-13-15-5-6-18-13/h1-9,14H/b16-8+,17-9+. The molecule has 1 N–H and O–H groups in total. The first-order valence-corrected chi connectivity index (χ1v) is 6.33. The fraction of sp³-hybridized carbons (Fsp3) is 0. The molecule has 0 amide bonds. The maximum Gasteiger partial charge on any atom is 0.136 e. The summed E-state index contributed by atoms with van der Waals surface area (Å²) in [4.78, 5) is 7.25. The zero-order chi connectivity index (χ0) is 12.2. The lowest BCUT2D eigenvalue weighted by atomic mass is 10.2. The van der Waals surface area contributed by atoms with Crippen LogP contribution in [0.1, 0.15) is 10.6 Å². The van der Waals surface area contributed by atoms with E-state index >= 15 is 0 Å². The highest BCUT2D eigenvalue weighted by molar-refractivity contribution is 7.11. The zero-order valence-corrected chi connectivity index (χ0v) is 10.3. The van der Waals surface area contributed by atoms with Crippen LogP contribution in [0.2, 0.25) is 0 Å². The van der Waals surface area contributed by atoms with Crippen LogP contribution < -0.4 is 0 Å². The van der Waals surface area contributed by atoms with Crippen LogP contribution in [0.5, 0.6) is 0 Å². The first-order valence-electron chi connectivity index (χ1n) is 5.45. The van der Waals surface area contributed by atoms with Crippen LogP contribution in [0.15, 0.2) is 52.2 Å². The quantitative estimate of drug-likeness (QED) is 0.566. The summed E-state index contributed by atoms with van der Waals surface area (Å²) >= 11 is 1.53. The smallest absolute Gasteiger partial charge is 0.136 e. The molecule has 3 aromatic rings. The first kappa shape index (κ1) is 10.9. The van der Waals surface area contributed by atoms with E-state index in [4.69, 9.17) is 0 Å². The van der Waals surface area contributed by atoms with Crippen molar-refractivity contribution in [2.45, 2.75) is 0 Å². The molecule has 88 valence electrons. The number of aromatic amines is 1. The normalized spacial score (nSPS) is 12.0. The molecule has 5 heteroatoms. The summed E-state index contributed by atoms with van der Waals surface area (Å²) in [5.41, 5.74) is 2.11. The van der Waals surface area contributed by atoms with E-state index in [9.17, 15) is 0 Å². The molecule has 0 bridgehead atoms. The molecule has 18 heavy (non-hydrogen) atoms. The Kier molecular flexibility index (Phi) is 2.97. The van der Waals surface area contributed by atoms with Crippen LogP contribution in [0, 0.1) is 0 Å². The Morgan fingerprint density at radius 1 is 1.17 bits per heavy atom. The molecule has 2 heterocycles. The molecule has 3 rings (SSSR count). The summed E-state index contributed by atoms with van der Waals surface area (Å²) in [6.07, 6.45) is 7.04. The predicted molar refractivity (Wildman–Crippen MR) is 75.6 cm³/mol.